The summed E-state index contributed by atoms with van der Waals surface area (Å²) in [4.78, 5) is 24.5. The van der Waals surface area contributed by atoms with Gasteiger partial charge in [0.15, 0.2) is 0 Å². The molecule has 1 aliphatic heterocycles. The zero-order valence-electron chi connectivity index (χ0n) is 10.1. The van der Waals surface area contributed by atoms with Gasteiger partial charge in [-0.05, 0) is 24.6 Å². The van der Waals surface area contributed by atoms with E-state index in [1.807, 2.05) is 24.3 Å². The lowest BCUT2D eigenvalue weighted by Gasteiger charge is -2.21. The molecule has 2 rings (SSSR count). The van der Waals surface area contributed by atoms with Crippen molar-refractivity contribution in [1.82, 2.24) is 4.90 Å². The van der Waals surface area contributed by atoms with Crippen molar-refractivity contribution in [3.05, 3.63) is 34.9 Å². The normalized spacial score (nSPS) is 21.1. The minimum atomic E-state index is -0.546. The number of primary amides is 1. The van der Waals surface area contributed by atoms with Gasteiger partial charge in [-0.25, -0.2) is 0 Å². The van der Waals surface area contributed by atoms with Crippen LogP contribution in [0, 0.1) is 0 Å². The van der Waals surface area contributed by atoms with Crippen LogP contribution >= 0.6 is 11.6 Å². The average Bonchev–Trinajstić information content (AvgIpc) is 2.71. The van der Waals surface area contributed by atoms with E-state index in [0.29, 0.717) is 18.0 Å². The minimum absolute atomic E-state index is 0.0266. The summed E-state index contributed by atoms with van der Waals surface area (Å²) < 4.78 is 0. The first-order chi connectivity index (χ1) is 8.49. The molecule has 0 unspecified atom stereocenters. The number of likely N-dealkylation sites (tertiary alicyclic amines) is 1. The second-order valence-electron chi connectivity index (χ2n) is 4.58. The van der Waals surface area contributed by atoms with Gasteiger partial charge in [-0.2, -0.15) is 0 Å². The van der Waals surface area contributed by atoms with Crippen LogP contribution in [0.2, 0.25) is 5.02 Å². The van der Waals surface area contributed by atoms with Crippen molar-refractivity contribution >= 4 is 23.4 Å². The number of nitrogens with zero attached hydrogens (tertiary/aromatic N) is 1. The molecule has 1 aliphatic rings. The van der Waals surface area contributed by atoms with Crippen molar-refractivity contribution in [2.24, 2.45) is 5.73 Å². The largest absolute Gasteiger partial charge is 0.368 e. The average molecular weight is 267 g/mol. The molecule has 0 aromatic heterocycles. The minimum Gasteiger partial charge on any atom is -0.368 e. The molecule has 1 aromatic rings. The van der Waals surface area contributed by atoms with Crippen LogP contribution in [0.1, 0.15) is 24.8 Å². The summed E-state index contributed by atoms with van der Waals surface area (Å²) in [5.74, 6) is -0.391. The van der Waals surface area contributed by atoms with Gasteiger partial charge >= 0.3 is 0 Å². The predicted molar refractivity (Wildman–Crippen MR) is 69.2 cm³/mol. The Morgan fingerprint density at radius 3 is 2.61 bits per heavy atom. The van der Waals surface area contributed by atoms with Crippen LogP contribution in [-0.2, 0) is 9.59 Å². The number of hydrogen-bond donors (Lipinski definition) is 1. The van der Waals surface area contributed by atoms with Crippen molar-refractivity contribution in [3.8, 4) is 0 Å². The standard InChI is InChI=1S/C13H15ClN2O2/c1-8(13(15)18)16-7-10(6-12(16)17)9-2-4-11(14)5-3-9/h2-5,8,10H,6-7H2,1H3,(H2,15,18)/t8-,10-/m0/s1. The third kappa shape index (κ3) is 2.48. The molecule has 18 heavy (non-hydrogen) atoms. The van der Waals surface area contributed by atoms with E-state index in [4.69, 9.17) is 17.3 Å². The highest BCUT2D eigenvalue weighted by Gasteiger charge is 2.35. The number of benzene rings is 1. The van der Waals surface area contributed by atoms with E-state index in [0.717, 1.165) is 5.56 Å². The Labute approximate surface area is 111 Å². The summed E-state index contributed by atoms with van der Waals surface area (Å²) in [6.07, 6.45) is 0.416. The van der Waals surface area contributed by atoms with Gasteiger partial charge < -0.3 is 10.6 Å². The number of rotatable bonds is 3. The van der Waals surface area contributed by atoms with Crippen molar-refractivity contribution in [3.63, 3.8) is 0 Å². The van der Waals surface area contributed by atoms with Crippen LogP contribution in [0.15, 0.2) is 24.3 Å². The fourth-order valence-corrected chi connectivity index (χ4v) is 2.34. The van der Waals surface area contributed by atoms with E-state index >= 15 is 0 Å². The highest BCUT2D eigenvalue weighted by molar-refractivity contribution is 6.30. The number of amides is 2. The molecule has 5 heteroatoms. The second-order valence-corrected chi connectivity index (χ2v) is 5.01. The lowest BCUT2D eigenvalue weighted by molar-refractivity contribution is -0.135. The van der Waals surface area contributed by atoms with Crippen LogP contribution in [-0.4, -0.2) is 29.3 Å². The molecule has 2 amide bonds. The van der Waals surface area contributed by atoms with Crippen LogP contribution in [0.3, 0.4) is 0 Å². The van der Waals surface area contributed by atoms with Crippen LogP contribution < -0.4 is 5.73 Å². The van der Waals surface area contributed by atoms with Gasteiger partial charge in [-0.15, -0.1) is 0 Å². The van der Waals surface area contributed by atoms with E-state index in [2.05, 4.69) is 0 Å². The molecule has 1 heterocycles. The number of hydrogen-bond acceptors (Lipinski definition) is 2. The molecule has 4 nitrogen and oxygen atoms in total. The third-order valence-electron chi connectivity index (χ3n) is 3.38. The predicted octanol–water partition coefficient (Wildman–Crippen LogP) is 1.53. The summed E-state index contributed by atoms with van der Waals surface area (Å²) >= 11 is 5.83. The third-order valence-corrected chi connectivity index (χ3v) is 3.63. The van der Waals surface area contributed by atoms with Crippen molar-refractivity contribution in [2.75, 3.05) is 6.54 Å². The van der Waals surface area contributed by atoms with Gasteiger partial charge in [0.25, 0.3) is 0 Å². The van der Waals surface area contributed by atoms with Gasteiger partial charge in [-0.1, -0.05) is 23.7 Å². The first-order valence-corrected chi connectivity index (χ1v) is 6.21. The lowest BCUT2D eigenvalue weighted by atomic mass is 9.98. The van der Waals surface area contributed by atoms with E-state index < -0.39 is 11.9 Å². The smallest absolute Gasteiger partial charge is 0.239 e. The summed E-state index contributed by atoms with van der Waals surface area (Å²) in [6.45, 7) is 2.19. The maximum atomic E-state index is 11.9. The number of halogens is 1. The first-order valence-electron chi connectivity index (χ1n) is 5.83. The SMILES string of the molecule is C[C@@H](C(N)=O)N1C[C@@H](c2ccc(Cl)cc2)CC1=O. The Morgan fingerprint density at radius 2 is 2.06 bits per heavy atom. The summed E-state index contributed by atoms with van der Waals surface area (Å²) in [6, 6.07) is 6.90. The molecule has 1 aromatic carbocycles. The first kappa shape index (κ1) is 12.9. The topological polar surface area (TPSA) is 63.4 Å². The van der Waals surface area contributed by atoms with Gasteiger partial charge in [0.1, 0.15) is 6.04 Å². The molecule has 0 radical (unpaired) electrons. The molecule has 1 saturated heterocycles. The van der Waals surface area contributed by atoms with Gasteiger partial charge in [0.2, 0.25) is 11.8 Å². The molecule has 1 fully saturated rings. The van der Waals surface area contributed by atoms with E-state index in [-0.39, 0.29) is 11.8 Å². The molecular weight excluding hydrogens is 252 g/mol. The highest BCUT2D eigenvalue weighted by Crippen LogP contribution is 2.29. The Kier molecular flexibility index (Phi) is 3.57. The highest BCUT2D eigenvalue weighted by atomic mass is 35.5. The van der Waals surface area contributed by atoms with Crippen molar-refractivity contribution < 1.29 is 9.59 Å². The second kappa shape index (κ2) is 4.98. The van der Waals surface area contributed by atoms with Gasteiger partial charge in [0, 0.05) is 23.9 Å². The van der Waals surface area contributed by atoms with Crippen molar-refractivity contribution in [2.45, 2.75) is 25.3 Å². The van der Waals surface area contributed by atoms with E-state index in [1.165, 1.54) is 0 Å². The maximum Gasteiger partial charge on any atom is 0.239 e. The number of carbonyl (C=O) groups excluding carboxylic acids is 2. The van der Waals surface area contributed by atoms with Gasteiger partial charge in [-0.3, -0.25) is 9.59 Å². The molecule has 96 valence electrons. The van der Waals surface area contributed by atoms with Crippen LogP contribution in [0.25, 0.3) is 0 Å². The molecular formula is C13H15ClN2O2. The molecule has 0 saturated carbocycles. The monoisotopic (exact) mass is 266 g/mol. The Hall–Kier alpha value is -1.55. The Morgan fingerprint density at radius 1 is 1.44 bits per heavy atom. The van der Waals surface area contributed by atoms with Gasteiger partial charge in [0.05, 0.1) is 0 Å². The van der Waals surface area contributed by atoms with E-state index in [9.17, 15) is 9.59 Å². The zero-order chi connectivity index (χ0) is 13.3. The lowest BCUT2D eigenvalue weighted by Crippen LogP contribution is -2.43. The quantitative estimate of drug-likeness (QED) is 0.902. The fraction of sp³-hybridized carbons (Fsp3) is 0.385. The molecule has 0 bridgehead atoms. The van der Waals surface area contributed by atoms with E-state index in [1.54, 1.807) is 11.8 Å². The Bertz CT molecular complexity index is 472. The molecule has 0 aliphatic carbocycles. The summed E-state index contributed by atoms with van der Waals surface area (Å²) in [5, 5.41) is 0.672. The van der Waals surface area contributed by atoms with Crippen LogP contribution in [0.4, 0.5) is 0 Å². The summed E-state index contributed by atoms with van der Waals surface area (Å²) in [5.41, 5.74) is 6.29. The number of nitrogens with two attached hydrogens (primary N) is 1. The molecule has 2 atom stereocenters. The van der Waals surface area contributed by atoms with Crippen LogP contribution in [0.5, 0.6) is 0 Å². The summed E-state index contributed by atoms with van der Waals surface area (Å²) in [7, 11) is 0. The fourth-order valence-electron chi connectivity index (χ4n) is 2.22. The maximum absolute atomic E-state index is 11.9. The van der Waals surface area contributed by atoms with Crippen molar-refractivity contribution in [1.29, 1.82) is 0 Å². The molecule has 2 N–H and O–H groups in total. The Balaban J connectivity index is 2.13. The molecule has 0 spiro atoms. The zero-order valence-corrected chi connectivity index (χ0v) is 10.9. The number of carbonyl (C=O) groups is 2.